The van der Waals surface area contributed by atoms with Gasteiger partial charge in [0.1, 0.15) is 0 Å². The highest BCUT2D eigenvalue weighted by molar-refractivity contribution is 5.84. The molecule has 1 N–H and O–H groups in total. The lowest BCUT2D eigenvalue weighted by atomic mass is 10.1. The van der Waals surface area contributed by atoms with Gasteiger partial charge in [-0.25, -0.2) is 15.0 Å². The average Bonchev–Trinajstić information content (AvgIpc) is 3.22. The highest BCUT2D eigenvalue weighted by atomic mass is 16.5. The van der Waals surface area contributed by atoms with Crippen LogP contribution in [0.15, 0.2) is 18.5 Å². The topological polar surface area (TPSA) is 77.8 Å². The molecule has 0 amide bonds. The predicted octanol–water partition coefficient (Wildman–Crippen LogP) is 2.63. The zero-order valence-corrected chi connectivity index (χ0v) is 14.8. The van der Waals surface area contributed by atoms with E-state index in [2.05, 4.69) is 33.4 Å². The fourth-order valence-corrected chi connectivity index (χ4v) is 3.37. The normalized spacial score (nSPS) is 17.3. The van der Waals surface area contributed by atoms with E-state index in [0.717, 1.165) is 59.5 Å². The highest BCUT2D eigenvalue weighted by Gasteiger charge is 2.16. The average molecular weight is 338 g/mol. The number of rotatable bonds is 4. The molecule has 25 heavy (non-hydrogen) atoms. The number of hydrogen-bond acceptors (Lipinski definition) is 6. The van der Waals surface area contributed by atoms with Crippen LogP contribution in [0.5, 0.6) is 0 Å². The lowest BCUT2D eigenvalue weighted by Gasteiger charge is -2.10. The van der Waals surface area contributed by atoms with Crippen molar-refractivity contribution in [3.8, 4) is 11.3 Å². The van der Waals surface area contributed by atoms with Crippen LogP contribution >= 0.6 is 0 Å². The minimum Gasteiger partial charge on any atom is -0.376 e. The first-order chi connectivity index (χ1) is 12.1. The number of nitrogens with one attached hydrogen (secondary N) is 1. The minimum absolute atomic E-state index is 0.267. The van der Waals surface area contributed by atoms with E-state index in [1.807, 2.05) is 31.0 Å². The van der Waals surface area contributed by atoms with Gasteiger partial charge in [-0.1, -0.05) is 0 Å². The summed E-state index contributed by atoms with van der Waals surface area (Å²) < 4.78 is 7.42. The van der Waals surface area contributed by atoms with Crippen molar-refractivity contribution >= 4 is 17.0 Å². The van der Waals surface area contributed by atoms with E-state index in [-0.39, 0.29) is 6.10 Å². The maximum Gasteiger partial charge on any atom is 0.222 e. The first kappa shape index (κ1) is 16.0. The van der Waals surface area contributed by atoms with Gasteiger partial charge in [0.2, 0.25) is 5.95 Å². The van der Waals surface area contributed by atoms with Gasteiger partial charge in [0.05, 0.1) is 17.5 Å². The van der Waals surface area contributed by atoms with E-state index in [1.54, 1.807) is 0 Å². The maximum atomic E-state index is 5.60. The smallest absolute Gasteiger partial charge is 0.222 e. The first-order valence-corrected chi connectivity index (χ1v) is 8.60. The van der Waals surface area contributed by atoms with Crippen molar-refractivity contribution in [3.63, 3.8) is 0 Å². The summed E-state index contributed by atoms with van der Waals surface area (Å²) in [6.07, 6.45) is 6.11. The van der Waals surface area contributed by atoms with Crippen molar-refractivity contribution in [2.45, 2.75) is 32.8 Å². The molecule has 3 aromatic heterocycles. The summed E-state index contributed by atoms with van der Waals surface area (Å²) in [4.78, 5) is 13.6. The predicted molar refractivity (Wildman–Crippen MR) is 96.5 cm³/mol. The molecule has 7 heteroatoms. The van der Waals surface area contributed by atoms with Crippen molar-refractivity contribution in [3.05, 3.63) is 29.7 Å². The molecule has 7 nitrogen and oxygen atoms in total. The van der Waals surface area contributed by atoms with Crippen molar-refractivity contribution < 1.29 is 4.74 Å². The Morgan fingerprint density at radius 2 is 2.08 bits per heavy atom. The van der Waals surface area contributed by atoms with Crippen molar-refractivity contribution in [1.82, 2.24) is 24.7 Å². The molecule has 1 aliphatic rings. The molecule has 0 spiro atoms. The lowest BCUT2D eigenvalue weighted by Crippen LogP contribution is -2.19. The zero-order valence-electron chi connectivity index (χ0n) is 14.8. The van der Waals surface area contributed by atoms with Crippen molar-refractivity contribution in [2.75, 3.05) is 18.5 Å². The van der Waals surface area contributed by atoms with E-state index < -0.39 is 0 Å². The Kier molecular flexibility index (Phi) is 4.09. The van der Waals surface area contributed by atoms with Crippen LogP contribution in [0.3, 0.4) is 0 Å². The number of ether oxygens (including phenoxy) is 1. The van der Waals surface area contributed by atoms with Gasteiger partial charge in [-0.05, 0) is 38.3 Å². The maximum absolute atomic E-state index is 5.60. The van der Waals surface area contributed by atoms with Gasteiger partial charge in [-0.2, -0.15) is 5.10 Å². The molecule has 3 aromatic rings. The number of nitrogens with zero attached hydrogens (tertiary/aromatic N) is 5. The van der Waals surface area contributed by atoms with E-state index in [0.29, 0.717) is 5.95 Å². The quantitative estimate of drug-likeness (QED) is 0.788. The molecule has 4 heterocycles. The van der Waals surface area contributed by atoms with Crippen LogP contribution in [0.2, 0.25) is 0 Å². The van der Waals surface area contributed by atoms with E-state index in [1.165, 1.54) is 0 Å². The summed E-state index contributed by atoms with van der Waals surface area (Å²) >= 11 is 0. The summed E-state index contributed by atoms with van der Waals surface area (Å²) in [7, 11) is 1.92. The zero-order chi connectivity index (χ0) is 17.4. The Balaban J connectivity index is 1.57. The molecule has 1 fully saturated rings. The molecule has 1 aliphatic heterocycles. The van der Waals surface area contributed by atoms with E-state index >= 15 is 0 Å². The second kappa shape index (κ2) is 6.40. The van der Waals surface area contributed by atoms with Gasteiger partial charge in [0.25, 0.3) is 0 Å². The molecule has 1 atom stereocenters. The van der Waals surface area contributed by atoms with Gasteiger partial charge < -0.3 is 10.1 Å². The number of aromatic nitrogens is 5. The van der Waals surface area contributed by atoms with Crippen LogP contribution in [-0.2, 0) is 11.8 Å². The third kappa shape index (κ3) is 3.07. The minimum atomic E-state index is 0.267. The number of hydrogen-bond donors (Lipinski definition) is 1. The van der Waals surface area contributed by atoms with Crippen LogP contribution in [-0.4, -0.2) is 44.0 Å². The number of pyridine rings is 1. The largest absolute Gasteiger partial charge is 0.376 e. The molecule has 1 unspecified atom stereocenters. The van der Waals surface area contributed by atoms with Gasteiger partial charge >= 0.3 is 0 Å². The van der Waals surface area contributed by atoms with Gasteiger partial charge in [-0.3, -0.25) is 4.68 Å². The van der Waals surface area contributed by atoms with Crippen molar-refractivity contribution in [1.29, 1.82) is 0 Å². The fourth-order valence-electron chi connectivity index (χ4n) is 3.37. The van der Waals surface area contributed by atoms with Crippen LogP contribution in [0.4, 0.5) is 5.95 Å². The molecule has 1 saturated heterocycles. The Morgan fingerprint density at radius 3 is 2.80 bits per heavy atom. The fraction of sp³-hybridized carbons (Fsp3) is 0.444. The van der Waals surface area contributed by atoms with Crippen LogP contribution in [0.1, 0.15) is 24.1 Å². The van der Waals surface area contributed by atoms with Crippen LogP contribution < -0.4 is 5.32 Å². The first-order valence-electron chi connectivity index (χ1n) is 8.60. The Morgan fingerprint density at radius 1 is 1.28 bits per heavy atom. The Hall–Kier alpha value is -2.54. The summed E-state index contributed by atoms with van der Waals surface area (Å²) in [6, 6.07) is 2.06. The van der Waals surface area contributed by atoms with Gasteiger partial charge in [0.15, 0.2) is 5.65 Å². The van der Waals surface area contributed by atoms with Gasteiger partial charge in [0, 0.05) is 43.5 Å². The second-order valence-electron chi connectivity index (χ2n) is 6.54. The van der Waals surface area contributed by atoms with E-state index in [4.69, 9.17) is 9.72 Å². The molecule has 130 valence electrons. The standard InChI is InChI=1S/C18H22N6O/c1-11-7-15(22-17-16(11)12(2)23-24(17)3)13-8-19-18(20-9-13)21-10-14-5-4-6-25-14/h7-9,14H,4-6,10H2,1-3H3,(H,19,20,21). The highest BCUT2D eigenvalue weighted by Crippen LogP contribution is 2.25. The number of anilines is 1. The molecular formula is C18H22N6O. The molecule has 4 rings (SSSR count). The molecule has 0 aliphatic carbocycles. The Bertz CT molecular complexity index is 896. The summed E-state index contributed by atoms with van der Waals surface area (Å²) in [5, 5.41) is 8.81. The Labute approximate surface area is 146 Å². The third-order valence-corrected chi connectivity index (χ3v) is 4.63. The summed E-state index contributed by atoms with van der Waals surface area (Å²) in [6.45, 7) is 5.69. The molecular weight excluding hydrogens is 316 g/mol. The van der Waals surface area contributed by atoms with Crippen molar-refractivity contribution in [2.24, 2.45) is 7.05 Å². The lowest BCUT2D eigenvalue weighted by molar-refractivity contribution is 0.120. The second-order valence-corrected chi connectivity index (χ2v) is 6.54. The van der Waals surface area contributed by atoms with Crippen LogP contribution in [0, 0.1) is 13.8 Å². The molecule has 0 aromatic carbocycles. The number of fused-ring (bicyclic) bond motifs is 1. The molecule has 0 saturated carbocycles. The molecule has 0 radical (unpaired) electrons. The van der Waals surface area contributed by atoms with Crippen LogP contribution in [0.25, 0.3) is 22.3 Å². The summed E-state index contributed by atoms with van der Waals surface area (Å²) in [5.41, 5.74) is 4.79. The molecule has 0 bridgehead atoms. The SMILES string of the molecule is Cc1cc(-c2cnc(NCC3CCCO3)nc2)nc2c1c(C)nn2C. The van der Waals surface area contributed by atoms with E-state index in [9.17, 15) is 0 Å². The monoisotopic (exact) mass is 338 g/mol. The summed E-state index contributed by atoms with van der Waals surface area (Å²) in [5.74, 6) is 0.619. The third-order valence-electron chi connectivity index (χ3n) is 4.63. The number of aryl methyl sites for hydroxylation is 3. The van der Waals surface area contributed by atoms with Gasteiger partial charge in [-0.15, -0.1) is 0 Å².